The van der Waals surface area contributed by atoms with E-state index in [0.717, 1.165) is 5.56 Å². The van der Waals surface area contributed by atoms with Crippen molar-refractivity contribution in [1.82, 2.24) is 0 Å². The van der Waals surface area contributed by atoms with Gasteiger partial charge in [0.05, 0.1) is 12.0 Å². The first-order valence-electron chi connectivity index (χ1n) is 6.33. The van der Waals surface area contributed by atoms with Gasteiger partial charge in [-0.2, -0.15) is 5.26 Å². The molecule has 102 valence electrons. The van der Waals surface area contributed by atoms with Gasteiger partial charge in [-0.15, -0.1) is 0 Å². The molecular weight excluding hydrogens is 243 g/mol. The van der Waals surface area contributed by atoms with E-state index in [2.05, 4.69) is 0 Å². The Labute approximate surface area is 113 Å². The van der Waals surface area contributed by atoms with Gasteiger partial charge in [0, 0.05) is 0 Å². The van der Waals surface area contributed by atoms with Gasteiger partial charge in [-0.25, -0.2) is 4.39 Å². The molecule has 2 N–H and O–H groups in total. The number of nitrogens with zero attached hydrogens (tertiary/aromatic N) is 1. The summed E-state index contributed by atoms with van der Waals surface area (Å²) in [6.45, 7) is 7.58. The largest absolute Gasteiger partial charge is 0.369 e. The molecule has 1 aromatic carbocycles. The molecule has 1 amide bonds. The van der Waals surface area contributed by atoms with Crippen LogP contribution in [0.25, 0.3) is 0 Å². The standard InChI is InChI=1S/C15H19FN2O/c1-8(2)11-5-10(7-17)15(16)14(9(3)4)12(11)6-13(18)19/h5,8-9H,6H2,1-4H3,(H2,18,19). The van der Waals surface area contributed by atoms with E-state index >= 15 is 0 Å². The van der Waals surface area contributed by atoms with Crippen molar-refractivity contribution in [2.75, 3.05) is 0 Å². The molecule has 0 heterocycles. The summed E-state index contributed by atoms with van der Waals surface area (Å²) in [5.41, 5.74) is 7.17. The molecule has 0 spiro atoms. The monoisotopic (exact) mass is 262 g/mol. The Morgan fingerprint density at radius 2 is 1.95 bits per heavy atom. The number of hydrogen-bond donors (Lipinski definition) is 1. The maximum absolute atomic E-state index is 14.3. The summed E-state index contributed by atoms with van der Waals surface area (Å²) < 4.78 is 14.3. The first kappa shape index (κ1) is 15.2. The highest BCUT2D eigenvalue weighted by Crippen LogP contribution is 2.32. The topological polar surface area (TPSA) is 66.9 Å². The van der Waals surface area contributed by atoms with Crippen molar-refractivity contribution in [3.63, 3.8) is 0 Å². The molecule has 0 atom stereocenters. The van der Waals surface area contributed by atoms with E-state index in [4.69, 9.17) is 11.0 Å². The molecule has 3 nitrogen and oxygen atoms in total. The van der Waals surface area contributed by atoms with Crippen molar-refractivity contribution in [3.8, 4) is 6.07 Å². The Hall–Kier alpha value is -1.89. The van der Waals surface area contributed by atoms with Crippen molar-refractivity contribution >= 4 is 5.91 Å². The van der Waals surface area contributed by atoms with E-state index in [9.17, 15) is 9.18 Å². The molecule has 0 aliphatic heterocycles. The molecule has 1 rings (SSSR count). The van der Waals surface area contributed by atoms with Crippen LogP contribution in [0.15, 0.2) is 6.07 Å². The van der Waals surface area contributed by atoms with E-state index in [1.54, 1.807) is 0 Å². The van der Waals surface area contributed by atoms with Crippen LogP contribution in [0, 0.1) is 17.1 Å². The number of nitrogens with two attached hydrogens (primary N) is 1. The number of hydrogen-bond acceptors (Lipinski definition) is 2. The van der Waals surface area contributed by atoms with Crippen LogP contribution in [-0.2, 0) is 11.2 Å². The minimum absolute atomic E-state index is 0.00363. The van der Waals surface area contributed by atoms with Gasteiger partial charge in [-0.1, -0.05) is 27.7 Å². The number of carbonyl (C=O) groups is 1. The third-order valence-corrected chi connectivity index (χ3v) is 3.12. The predicted molar refractivity (Wildman–Crippen MR) is 72.2 cm³/mol. The summed E-state index contributed by atoms with van der Waals surface area (Å²) in [6.07, 6.45) is 0.00363. The van der Waals surface area contributed by atoms with Crippen molar-refractivity contribution in [2.45, 2.75) is 46.0 Å². The summed E-state index contributed by atoms with van der Waals surface area (Å²) in [5.74, 6) is -1.04. The normalized spacial score (nSPS) is 10.8. The molecule has 19 heavy (non-hydrogen) atoms. The third kappa shape index (κ3) is 3.11. The van der Waals surface area contributed by atoms with Gasteiger partial charge in [0.2, 0.25) is 5.91 Å². The highest BCUT2D eigenvalue weighted by atomic mass is 19.1. The number of carbonyl (C=O) groups excluding carboxylic acids is 1. The third-order valence-electron chi connectivity index (χ3n) is 3.12. The van der Waals surface area contributed by atoms with Crippen LogP contribution >= 0.6 is 0 Å². The number of benzene rings is 1. The summed E-state index contributed by atoms with van der Waals surface area (Å²) in [6, 6.07) is 3.41. The SMILES string of the molecule is CC(C)c1cc(C#N)c(F)c(C(C)C)c1CC(N)=O. The molecular formula is C15H19FN2O. The minimum Gasteiger partial charge on any atom is -0.369 e. The molecule has 0 saturated heterocycles. The van der Waals surface area contributed by atoms with Crippen molar-refractivity contribution in [1.29, 1.82) is 5.26 Å². The quantitative estimate of drug-likeness (QED) is 0.906. The van der Waals surface area contributed by atoms with Gasteiger partial charge in [0.1, 0.15) is 11.9 Å². The second-order valence-electron chi connectivity index (χ2n) is 5.28. The smallest absolute Gasteiger partial charge is 0.221 e. The fraction of sp³-hybridized carbons (Fsp3) is 0.467. The van der Waals surface area contributed by atoms with Crippen LogP contribution in [0.5, 0.6) is 0 Å². The van der Waals surface area contributed by atoms with Gasteiger partial charge >= 0.3 is 0 Å². The number of nitriles is 1. The molecule has 0 fully saturated rings. The van der Waals surface area contributed by atoms with Crippen LogP contribution in [-0.4, -0.2) is 5.91 Å². The fourth-order valence-electron chi connectivity index (χ4n) is 2.31. The lowest BCUT2D eigenvalue weighted by Crippen LogP contribution is -2.18. The second-order valence-corrected chi connectivity index (χ2v) is 5.28. The summed E-state index contributed by atoms with van der Waals surface area (Å²) in [5, 5.41) is 9.02. The Kier molecular flexibility index (Phi) is 4.66. The van der Waals surface area contributed by atoms with Gasteiger partial charge in [0.15, 0.2) is 0 Å². The van der Waals surface area contributed by atoms with Gasteiger partial charge in [-0.3, -0.25) is 4.79 Å². The first-order chi connectivity index (χ1) is 8.79. The van der Waals surface area contributed by atoms with Crippen molar-refractivity contribution in [3.05, 3.63) is 34.1 Å². The average molecular weight is 262 g/mol. The van der Waals surface area contributed by atoms with Crippen LogP contribution < -0.4 is 5.73 Å². The van der Waals surface area contributed by atoms with Crippen LogP contribution in [0.1, 0.15) is 61.8 Å². The minimum atomic E-state index is -0.529. The molecule has 0 radical (unpaired) electrons. The van der Waals surface area contributed by atoms with Gasteiger partial charge < -0.3 is 5.73 Å². The van der Waals surface area contributed by atoms with Crippen LogP contribution in [0.4, 0.5) is 4.39 Å². The van der Waals surface area contributed by atoms with Crippen molar-refractivity contribution < 1.29 is 9.18 Å². The summed E-state index contributed by atoms with van der Waals surface area (Å²) >= 11 is 0. The maximum Gasteiger partial charge on any atom is 0.221 e. The number of rotatable bonds is 4. The summed E-state index contributed by atoms with van der Waals surface area (Å²) in [4.78, 5) is 11.2. The molecule has 0 bridgehead atoms. The summed E-state index contributed by atoms with van der Waals surface area (Å²) in [7, 11) is 0. The predicted octanol–water partition coefficient (Wildman–Crippen LogP) is 2.97. The maximum atomic E-state index is 14.3. The first-order valence-corrected chi connectivity index (χ1v) is 6.33. The van der Waals surface area contributed by atoms with E-state index in [0.29, 0.717) is 11.1 Å². The van der Waals surface area contributed by atoms with Crippen molar-refractivity contribution in [2.24, 2.45) is 5.73 Å². The average Bonchev–Trinajstić information content (AvgIpc) is 2.27. The molecule has 4 heteroatoms. The molecule has 1 aromatic rings. The zero-order valence-electron chi connectivity index (χ0n) is 11.7. The zero-order valence-corrected chi connectivity index (χ0v) is 11.7. The lowest BCUT2D eigenvalue weighted by molar-refractivity contribution is -0.117. The van der Waals surface area contributed by atoms with E-state index in [-0.39, 0.29) is 23.8 Å². The van der Waals surface area contributed by atoms with Gasteiger partial charge in [-0.05, 0) is 34.6 Å². The highest BCUT2D eigenvalue weighted by Gasteiger charge is 2.22. The highest BCUT2D eigenvalue weighted by molar-refractivity contribution is 5.78. The van der Waals surface area contributed by atoms with Crippen LogP contribution in [0.3, 0.4) is 0 Å². The molecule has 0 saturated carbocycles. The molecule has 0 unspecified atom stereocenters. The second kappa shape index (κ2) is 5.83. The Bertz CT molecular complexity index is 542. The Morgan fingerprint density at radius 3 is 2.32 bits per heavy atom. The van der Waals surface area contributed by atoms with Gasteiger partial charge in [0.25, 0.3) is 0 Å². The Balaban J connectivity index is 3.68. The van der Waals surface area contributed by atoms with E-state index in [1.165, 1.54) is 6.07 Å². The van der Waals surface area contributed by atoms with E-state index < -0.39 is 11.7 Å². The van der Waals surface area contributed by atoms with E-state index in [1.807, 2.05) is 33.8 Å². The molecule has 0 aliphatic rings. The van der Waals surface area contributed by atoms with Crippen LogP contribution in [0.2, 0.25) is 0 Å². The lowest BCUT2D eigenvalue weighted by atomic mass is 9.85. The molecule has 0 aromatic heterocycles. The fourth-order valence-corrected chi connectivity index (χ4v) is 2.31. The molecule has 0 aliphatic carbocycles. The number of amides is 1. The number of halogens is 1. The Morgan fingerprint density at radius 1 is 1.37 bits per heavy atom. The lowest BCUT2D eigenvalue weighted by Gasteiger charge is -2.20. The zero-order chi connectivity index (χ0) is 14.7. The number of primary amides is 1.